The Morgan fingerprint density at radius 2 is 1.90 bits per heavy atom. The van der Waals surface area contributed by atoms with Crippen LogP contribution in [0, 0.1) is 5.82 Å². The van der Waals surface area contributed by atoms with E-state index in [4.69, 9.17) is 0 Å². The summed E-state index contributed by atoms with van der Waals surface area (Å²) < 4.78 is 15.3. The van der Waals surface area contributed by atoms with Gasteiger partial charge in [0.1, 0.15) is 5.82 Å². The van der Waals surface area contributed by atoms with Crippen molar-refractivity contribution in [2.24, 2.45) is 0 Å². The van der Waals surface area contributed by atoms with E-state index < -0.39 is 11.9 Å². The Morgan fingerprint density at radius 1 is 1.10 bits per heavy atom. The van der Waals surface area contributed by atoms with Crippen LogP contribution in [0.2, 0.25) is 0 Å². The number of fused-ring (bicyclic) bond motifs is 1. The molecule has 1 atom stereocenters. The average Bonchev–Trinajstić information content (AvgIpc) is 2.72. The molecule has 2 amide bonds. The van der Waals surface area contributed by atoms with E-state index in [0.717, 1.165) is 10.5 Å². The van der Waals surface area contributed by atoms with Crippen molar-refractivity contribution in [3.63, 3.8) is 0 Å². The first-order valence-corrected chi connectivity index (χ1v) is 10.7. The Balaban J connectivity index is 1.67. The third kappa shape index (κ3) is 4.36. The van der Waals surface area contributed by atoms with Gasteiger partial charge in [-0.3, -0.25) is 9.59 Å². The Bertz CT molecular complexity index is 1090. The molecule has 7 heteroatoms. The molecule has 3 aromatic rings. The van der Waals surface area contributed by atoms with Crippen LogP contribution in [0.4, 0.5) is 10.1 Å². The molecular weight excluding hydrogens is 455 g/mol. The molecule has 1 heterocycles. The van der Waals surface area contributed by atoms with Gasteiger partial charge in [-0.1, -0.05) is 52.3 Å². The molecule has 0 aromatic heterocycles. The average molecular weight is 471 g/mol. The van der Waals surface area contributed by atoms with Crippen LogP contribution < -0.4 is 10.6 Å². The molecule has 4 rings (SSSR count). The standard InChI is InChI=1S/C22H16BrFN2O2S/c23-15-7-8-16(17(24)11-15)21(13-4-2-1-3-5-13)26-22(28)14-6-9-19-18(10-14)25-20(27)12-29-19/h1-11,21H,12H2,(H,25,27)(H,26,28). The monoisotopic (exact) mass is 470 g/mol. The highest BCUT2D eigenvalue weighted by molar-refractivity contribution is 9.10. The topological polar surface area (TPSA) is 58.2 Å². The van der Waals surface area contributed by atoms with E-state index >= 15 is 0 Å². The molecule has 146 valence electrons. The number of nitrogens with one attached hydrogen (secondary N) is 2. The van der Waals surface area contributed by atoms with Crippen molar-refractivity contribution in [1.29, 1.82) is 0 Å². The molecule has 1 aliphatic heterocycles. The Hall–Kier alpha value is -2.64. The van der Waals surface area contributed by atoms with Crippen molar-refractivity contribution in [1.82, 2.24) is 5.32 Å². The van der Waals surface area contributed by atoms with Crippen LogP contribution in [0.25, 0.3) is 0 Å². The maximum absolute atomic E-state index is 14.7. The number of benzene rings is 3. The summed E-state index contributed by atoms with van der Waals surface area (Å²) in [5.74, 6) is -0.507. The molecule has 0 aliphatic carbocycles. The molecular formula is C22H16BrFN2O2S. The van der Waals surface area contributed by atoms with Crippen molar-refractivity contribution >= 4 is 45.2 Å². The van der Waals surface area contributed by atoms with Gasteiger partial charge >= 0.3 is 0 Å². The highest BCUT2D eigenvalue weighted by Crippen LogP contribution is 2.32. The highest BCUT2D eigenvalue weighted by Gasteiger charge is 2.22. The Kier molecular flexibility index (Phi) is 5.69. The van der Waals surface area contributed by atoms with Gasteiger partial charge in [0, 0.05) is 20.5 Å². The summed E-state index contributed by atoms with van der Waals surface area (Å²) in [7, 11) is 0. The third-order valence-electron chi connectivity index (χ3n) is 4.56. The third-order valence-corrected chi connectivity index (χ3v) is 6.12. The van der Waals surface area contributed by atoms with Gasteiger partial charge in [-0.15, -0.1) is 11.8 Å². The van der Waals surface area contributed by atoms with Crippen molar-refractivity contribution in [2.75, 3.05) is 11.1 Å². The molecule has 0 fully saturated rings. The summed E-state index contributed by atoms with van der Waals surface area (Å²) in [5.41, 5.74) is 2.15. The summed E-state index contributed by atoms with van der Waals surface area (Å²) in [6.45, 7) is 0. The fraction of sp³-hybridized carbons (Fsp3) is 0.0909. The van der Waals surface area contributed by atoms with Gasteiger partial charge in [0.15, 0.2) is 0 Å². The maximum Gasteiger partial charge on any atom is 0.252 e. The number of hydrogen-bond acceptors (Lipinski definition) is 3. The molecule has 4 nitrogen and oxygen atoms in total. The van der Waals surface area contributed by atoms with Crippen molar-refractivity contribution in [3.8, 4) is 0 Å². The van der Waals surface area contributed by atoms with E-state index in [1.165, 1.54) is 17.8 Å². The van der Waals surface area contributed by atoms with Crippen LogP contribution in [-0.4, -0.2) is 17.6 Å². The zero-order valence-corrected chi connectivity index (χ0v) is 17.5. The van der Waals surface area contributed by atoms with Crippen molar-refractivity contribution in [2.45, 2.75) is 10.9 Å². The van der Waals surface area contributed by atoms with E-state index in [1.54, 1.807) is 24.3 Å². The van der Waals surface area contributed by atoms with Gasteiger partial charge < -0.3 is 10.6 Å². The van der Waals surface area contributed by atoms with Crippen LogP contribution in [0.1, 0.15) is 27.5 Å². The Morgan fingerprint density at radius 3 is 2.66 bits per heavy atom. The van der Waals surface area contributed by atoms with Crippen LogP contribution in [0.3, 0.4) is 0 Å². The largest absolute Gasteiger partial charge is 0.341 e. The van der Waals surface area contributed by atoms with E-state index in [-0.39, 0.29) is 11.8 Å². The number of thioether (sulfide) groups is 1. The minimum atomic E-state index is -0.656. The lowest BCUT2D eigenvalue weighted by Gasteiger charge is -2.22. The number of rotatable bonds is 4. The molecule has 3 aromatic carbocycles. The van der Waals surface area contributed by atoms with Crippen LogP contribution >= 0.6 is 27.7 Å². The first kappa shape index (κ1) is 19.7. The molecule has 0 saturated heterocycles. The lowest BCUT2D eigenvalue weighted by Crippen LogP contribution is -2.30. The van der Waals surface area contributed by atoms with Gasteiger partial charge in [-0.2, -0.15) is 0 Å². The SMILES string of the molecule is O=C1CSc2ccc(C(=O)NC(c3ccccc3)c3ccc(Br)cc3F)cc2N1. The molecule has 2 N–H and O–H groups in total. The number of hydrogen-bond donors (Lipinski definition) is 2. The predicted octanol–water partition coefficient (Wildman–Crippen LogP) is 5.15. The summed E-state index contributed by atoms with van der Waals surface area (Å²) in [4.78, 5) is 25.5. The molecule has 1 aliphatic rings. The summed E-state index contributed by atoms with van der Waals surface area (Å²) in [6, 6.07) is 18.5. The molecule has 1 unspecified atom stereocenters. The zero-order valence-electron chi connectivity index (χ0n) is 15.1. The normalized spacial score (nSPS) is 13.9. The molecule has 0 radical (unpaired) electrons. The first-order valence-electron chi connectivity index (χ1n) is 8.89. The maximum atomic E-state index is 14.7. The smallest absolute Gasteiger partial charge is 0.252 e. The van der Waals surface area contributed by atoms with E-state index in [2.05, 4.69) is 26.6 Å². The lowest BCUT2D eigenvalue weighted by atomic mass is 9.97. The highest BCUT2D eigenvalue weighted by atomic mass is 79.9. The fourth-order valence-corrected chi connectivity index (χ4v) is 4.28. The first-order chi connectivity index (χ1) is 14.0. The second-order valence-electron chi connectivity index (χ2n) is 6.53. The molecule has 0 bridgehead atoms. The van der Waals surface area contributed by atoms with Gasteiger partial charge in [0.2, 0.25) is 5.91 Å². The summed E-state index contributed by atoms with van der Waals surface area (Å²) in [5, 5.41) is 5.71. The minimum Gasteiger partial charge on any atom is -0.341 e. The van der Waals surface area contributed by atoms with Crippen LogP contribution in [0.5, 0.6) is 0 Å². The van der Waals surface area contributed by atoms with E-state index in [1.807, 2.05) is 36.4 Å². The van der Waals surface area contributed by atoms with Crippen molar-refractivity contribution < 1.29 is 14.0 Å². The molecule has 29 heavy (non-hydrogen) atoms. The summed E-state index contributed by atoms with van der Waals surface area (Å²) in [6.07, 6.45) is 0. The predicted molar refractivity (Wildman–Crippen MR) is 116 cm³/mol. The number of amides is 2. The van der Waals surface area contributed by atoms with Crippen LogP contribution in [0.15, 0.2) is 76.1 Å². The number of carbonyl (C=O) groups excluding carboxylic acids is 2. The van der Waals surface area contributed by atoms with Gasteiger partial charge in [-0.05, 0) is 35.9 Å². The number of halogens is 2. The van der Waals surface area contributed by atoms with Crippen molar-refractivity contribution in [3.05, 3.63) is 93.7 Å². The molecule has 0 spiro atoms. The fourth-order valence-electron chi connectivity index (χ4n) is 3.16. The van der Waals surface area contributed by atoms with E-state index in [0.29, 0.717) is 27.0 Å². The van der Waals surface area contributed by atoms with Crippen LogP contribution in [-0.2, 0) is 4.79 Å². The summed E-state index contributed by atoms with van der Waals surface area (Å²) >= 11 is 4.70. The van der Waals surface area contributed by atoms with Gasteiger partial charge in [0.25, 0.3) is 5.91 Å². The number of anilines is 1. The second kappa shape index (κ2) is 8.39. The lowest BCUT2D eigenvalue weighted by molar-refractivity contribution is -0.113. The second-order valence-corrected chi connectivity index (χ2v) is 8.46. The number of carbonyl (C=O) groups is 2. The van der Waals surface area contributed by atoms with Gasteiger partial charge in [0.05, 0.1) is 17.5 Å². The van der Waals surface area contributed by atoms with Gasteiger partial charge in [-0.25, -0.2) is 4.39 Å². The molecule has 0 saturated carbocycles. The van der Waals surface area contributed by atoms with E-state index in [9.17, 15) is 14.0 Å². The Labute approximate surface area is 180 Å². The quantitative estimate of drug-likeness (QED) is 0.554. The zero-order chi connectivity index (χ0) is 20.4. The minimum absolute atomic E-state index is 0.0980.